The Morgan fingerprint density at radius 1 is 0.839 bits per heavy atom. The highest BCUT2D eigenvalue weighted by molar-refractivity contribution is 5.87. The smallest absolute Gasteiger partial charge is 0.330 e. The number of H-pyrrole nitrogens is 1. The number of carbonyl (C=O) groups excluding carboxylic acids is 2. The van der Waals surface area contributed by atoms with Crippen molar-refractivity contribution in [1.82, 2.24) is 20.2 Å². The molecule has 11 N–H and O–H groups in total. The van der Waals surface area contributed by atoms with Crippen LogP contribution in [-0.4, -0.2) is 155 Å². The quantitative estimate of drug-likeness (QED) is 0.0487. The number of nitrogens with one attached hydrogen (secondary N) is 3. The van der Waals surface area contributed by atoms with Crippen LogP contribution in [0.2, 0.25) is 0 Å². The highest BCUT2D eigenvalue weighted by atomic mass is 16.8. The van der Waals surface area contributed by atoms with Crippen molar-refractivity contribution in [3.63, 3.8) is 0 Å². The SMILES string of the molecule is CCCCCCCCCC/C=C/C(=O)N[C@H]1[C@H](O[C@@H]2O[C@@H](CO)[C@H](O)[C@@H](O)[C@@H]2NC(C)=O)O[C@H](C[C@@H](O)[C@H]2O[C@@H](n3ccc(=O)[nH]c3=O)[C@H](O)[C@@H]2O)[C@H](O)[C@@H]1O. The molecule has 0 radical (unpaired) electrons. The van der Waals surface area contributed by atoms with Crippen molar-refractivity contribution in [2.24, 2.45) is 0 Å². The lowest BCUT2D eigenvalue weighted by molar-refractivity contribution is -0.346. The van der Waals surface area contributed by atoms with Crippen LogP contribution in [0.15, 0.2) is 34.0 Å². The summed E-state index contributed by atoms with van der Waals surface area (Å²) in [6.07, 6.45) is -9.02. The van der Waals surface area contributed by atoms with Crippen LogP contribution in [0.25, 0.3) is 0 Å². The number of allylic oxidation sites excluding steroid dienone is 1. The van der Waals surface area contributed by atoms with E-state index in [1.807, 2.05) is 4.98 Å². The number of carbonyl (C=O) groups is 2. The van der Waals surface area contributed by atoms with Crippen molar-refractivity contribution < 1.29 is 69.4 Å². The average molecular weight is 803 g/mol. The Balaban J connectivity index is 1.49. The van der Waals surface area contributed by atoms with E-state index >= 15 is 0 Å². The molecule has 20 nitrogen and oxygen atoms in total. The van der Waals surface area contributed by atoms with Gasteiger partial charge in [-0.25, -0.2) is 4.79 Å². The van der Waals surface area contributed by atoms with Gasteiger partial charge in [-0.1, -0.05) is 57.9 Å². The number of aromatic amines is 1. The second-order valence-electron chi connectivity index (χ2n) is 14.6. The van der Waals surface area contributed by atoms with Gasteiger partial charge in [-0.05, 0) is 18.9 Å². The van der Waals surface area contributed by atoms with Crippen molar-refractivity contribution in [1.29, 1.82) is 0 Å². The maximum absolute atomic E-state index is 13.1. The summed E-state index contributed by atoms with van der Waals surface area (Å²) in [7, 11) is 0. The molecule has 4 heterocycles. The standard InChI is InChI=1S/C36H58N4O16/c1-3-4-5-6-7-8-9-10-11-12-13-22(44)38-25-29(49)26(46)20(53-35(25)56-34-24(37-18(2)42)28(48)27(47)21(17-41)54-34)16-19(43)32-30(50)31(51)33(55-32)40-15-14-23(45)39-36(40)52/h12-15,19-21,24-35,41,43,46-51H,3-11,16-17H2,1-2H3,(H,37,42)(H,38,44)(H,39,45,52)/b13-12+/t19-,20-,21+,24+,25-,26+,27+,28+,29-,30+,31-,32-,33-,34+,35+/m1/s1. The maximum atomic E-state index is 13.1. The first-order valence-electron chi connectivity index (χ1n) is 19.2. The first-order valence-corrected chi connectivity index (χ1v) is 19.2. The van der Waals surface area contributed by atoms with Crippen molar-refractivity contribution >= 4 is 11.8 Å². The van der Waals surface area contributed by atoms with Crippen LogP contribution in [-0.2, 0) is 28.5 Å². The number of amides is 2. The van der Waals surface area contributed by atoms with Gasteiger partial charge in [0.2, 0.25) is 11.8 Å². The zero-order valence-corrected chi connectivity index (χ0v) is 31.5. The molecule has 1 aromatic rings. The summed E-state index contributed by atoms with van der Waals surface area (Å²) in [5.41, 5.74) is -1.68. The van der Waals surface area contributed by atoms with E-state index in [9.17, 15) is 60.0 Å². The number of hydrogen-bond donors (Lipinski definition) is 11. The molecule has 1 aromatic heterocycles. The van der Waals surface area contributed by atoms with E-state index in [0.29, 0.717) is 6.42 Å². The summed E-state index contributed by atoms with van der Waals surface area (Å²) in [5.74, 6) is -1.35. The van der Waals surface area contributed by atoms with Crippen molar-refractivity contribution in [2.45, 2.75) is 170 Å². The molecule has 0 aliphatic carbocycles. The number of unbranched alkanes of at least 4 members (excludes halogenated alkanes) is 8. The van der Waals surface area contributed by atoms with Crippen LogP contribution in [0.3, 0.4) is 0 Å². The van der Waals surface area contributed by atoms with Gasteiger partial charge in [0, 0.05) is 25.6 Å². The molecule has 0 spiro atoms. The summed E-state index contributed by atoms with van der Waals surface area (Å²) < 4.78 is 24.1. The minimum atomic E-state index is -1.85. The largest absolute Gasteiger partial charge is 0.394 e. The van der Waals surface area contributed by atoms with Crippen molar-refractivity contribution in [2.75, 3.05) is 6.61 Å². The molecule has 0 aromatic carbocycles. The molecule has 2 amide bonds. The number of aliphatic hydroxyl groups excluding tert-OH is 8. The van der Waals surface area contributed by atoms with Gasteiger partial charge in [-0.2, -0.15) is 0 Å². The lowest BCUT2D eigenvalue weighted by Gasteiger charge is -2.47. The molecule has 0 unspecified atom stereocenters. The Bertz CT molecular complexity index is 1540. The van der Waals surface area contributed by atoms with Gasteiger partial charge in [0.25, 0.3) is 5.56 Å². The van der Waals surface area contributed by atoms with E-state index in [0.717, 1.165) is 49.4 Å². The first-order chi connectivity index (χ1) is 26.7. The van der Waals surface area contributed by atoms with E-state index in [2.05, 4.69) is 17.6 Å². The normalized spacial score (nSPS) is 35.4. The summed E-state index contributed by atoms with van der Waals surface area (Å²) in [4.78, 5) is 51.0. The van der Waals surface area contributed by atoms with Crippen molar-refractivity contribution in [3.05, 3.63) is 45.3 Å². The lowest BCUT2D eigenvalue weighted by Crippen LogP contribution is -2.68. The molecular weight excluding hydrogens is 744 g/mol. The fraction of sp³-hybridized carbons (Fsp3) is 0.778. The van der Waals surface area contributed by atoms with Gasteiger partial charge < -0.3 is 70.4 Å². The van der Waals surface area contributed by atoms with Crippen LogP contribution in [0.5, 0.6) is 0 Å². The third-order valence-corrected chi connectivity index (χ3v) is 10.3. The molecule has 0 saturated carbocycles. The Labute approximate surface area is 323 Å². The molecular formula is C36H58N4O16. The fourth-order valence-corrected chi connectivity index (χ4v) is 7.15. The summed E-state index contributed by atoms with van der Waals surface area (Å²) in [6, 6.07) is -2.01. The van der Waals surface area contributed by atoms with Crippen LogP contribution < -0.4 is 21.9 Å². The average Bonchev–Trinajstić information content (AvgIpc) is 3.45. The van der Waals surface area contributed by atoms with Crippen LogP contribution in [0, 0.1) is 0 Å². The third kappa shape index (κ3) is 11.7. The molecule has 3 aliphatic rings. The molecule has 0 bridgehead atoms. The monoisotopic (exact) mass is 802 g/mol. The Hall–Kier alpha value is -3.12. The van der Waals surface area contributed by atoms with E-state index < -0.39 is 128 Å². The van der Waals surface area contributed by atoms with Gasteiger partial charge in [-0.15, -0.1) is 0 Å². The minimum Gasteiger partial charge on any atom is -0.394 e. The van der Waals surface area contributed by atoms with Gasteiger partial charge in [-0.3, -0.25) is 23.9 Å². The molecule has 318 valence electrons. The van der Waals surface area contributed by atoms with Gasteiger partial charge in [0.1, 0.15) is 60.9 Å². The minimum absolute atomic E-state index is 0.597. The van der Waals surface area contributed by atoms with Gasteiger partial charge in [0.05, 0.1) is 18.8 Å². The third-order valence-electron chi connectivity index (χ3n) is 10.3. The molecule has 3 aliphatic heterocycles. The predicted octanol–water partition coefficient (Wildman–Crippen LogP) is -3.11. The van der Waals surface area contributed by atoms with E-state index in [1.54, 1.807) is 6.08 Å². The highest BCUT2D eigenvalue weighted by Crippen LogP contribution is 2.34. The molecule has 20 heteroatoms. The molecule has 3 saturated heterocycles. The zero-order chi connectivity index (χ0) is 41.1. The van der Waals surface area contributed by atoms with Crippen LogP contribution in [0.1, 0.15) is 84.3 Å². The number of nitrogens with zero attached hydrogens (tertiary/aromatic N) is 1. The number of aromatic nitrogens is 2. The molecule has 3 fully saturated rings. The molecule has 4 rings (SSSR count). The van der Waals surface area contributed by atoms with Gasteiger partial charge in [0.15, 0.2) is 18.8 Å². The number of aliphatic hydroxyl groups is 8. The van der Waals surface area contributed by atoms with Crippen LogP contribution >= 0.6 is 0 Å². The summed E-state index contributed by atoms with van der Waals surface area (Å²) in [5, 5.41) is 91.2. The Morgan fingerprint density at radius 2 is 1.43 bits per heavy atom. The lowest BCUT2D eigenvalue weighted by atomic mass is 9.91. The predicted molar refractivity (Wildman–Crippen MR) is 193 cm³/mol. The Kier molecular flexibility index (Phi) is 17.6. The van der Waals surface area contributed by atoms with Crippen molar-refractivity contribution in [3.8, 4) is 0 Å². The number of hydrogen-bond acceptors (Lipinski definition) is 16. The first kappa shape index (κ1) is 45.6. The summed E-state index contributed by atoms with van der Waals surface area (Å²) >= 11 is 0. The topological polar surface area (TPSA) is 312 Å². The number of ether oxygens (including phenoxy) is 4. The number of rotatable bonds is 19. The second-order valence-corrected chi connectivity index (χ2v) is 14.6. The van der Waals surface area contributed by atoms with E-state index in [-0.39, 0.29) is 0 Å². The fourth-order valence-electron chi connectivity index (χ4n) is 7.15. The van der Waals surface area contributed by atoms with E-state index in [4.69, 9.17) is 18.9 Å². The van der Waals surface area contributed by atoms with Crippen LogP contribution in [0.4, 0.5) is 0 Å². The molecule has 15 atom stereocenters. The Morgan fingerprint density at radius 3 is 2.04 bits per heavy atom. The molecule has 56 heavy (non-hydrogen) atoms. The maximum Gasteiger partial charge on any atom is 0.330 e. The highest BCUT2D eigenvalue weighted by Gasteiger charge is 2.53. The second kappa shape index (κ2) is 21.6. The van der Waals surface area contributed by atoms with Gasteiger partial charge >= 0.3 is 5.69 Å². The summed E-state index contributed by atoms with van der Waals surface area (Å²) in [6.45, 7) is 2.51. The van der Waals surface area contributed by atoms with E-state index in [1.165, 1.54) is 31.8 Å². The zero-order valence-electron chi connectivity index (χ0n) is 31.5.